The van der Waals surface area contributed by atoms with Crippen molar-refractivity contribution in [2.75, 3.05) is 13.6 Å². The van der Waals surface area contributed by atoms with Gasteiger partial charge < -0.3 is 10.2 Å². The minimum atomic E-state index is -0.199. The van der Waals surface area contributed by atoms with Gasteiger partial charge in [0.15, 0.2) is 0 Å². The van der Waals surface area contributed by atoms with E-state index in [1.165, 1.54) is 0 Å². The minimum Gasteiger partial charge on any atom is -0.348 e. The molecule has 5 heteroatoms. The normalized spacial score (nSPS) is 21.6. The Morgan fingerprint density at radius 2 is 2.41 bits per heavy atom. The molecule has 0 radical (unpaired) electrons. The van der Waals surface area contributed by atoms with Gasteiger partial charge in [0.05, 0.1) is 12.0 Å². The maximum absolute atomic E-state index is 12.0. The quantitative estimate of drug-likeness (QED) is 0.884. The number of nitrogens with zero attached hydrogens (tertiary/aromatic N) is 1. The number of nitrogens with one attached hydrogen (secondary N) is 1. The van der Waals surface area contributed by atoms with Crippen molar-refractivity contribution in [3.05, 3.63) is 22.4 Å². The fourth-order valence-corrected chi connectivity index (χ4v) is 2.71. The van der Waals surface area contributed by atoms with Crippen molar-refractivity contribution in [2.24, 2.45) is 5.92 Å². The fraction of sp³-hybridized carbons (Fsp3) is 0.500. The van der Waals surface area contributed by atoms with Gasteiger partial charge in [0.25, 0.3) is 0 Å². The molecule has 1 fully saturated rings. The first-order valence-electron chi connectivity index (χ1n) is 5.65. The molecule has 1 aliphatic rings. The molecular weight excluding hydrogens is 236 g/mol. The third-order valence-corrected chi connectivity index (χ3v) is 4.10. The third-order valence-electron chi connectivity index (χ3n) is 3.04. The van der Waals surface area contributed by atoms with Crippen molar-refractivity contribution >= 4 is 23.2 Å². The van der Waals surface area contributed by atoms with Crippen LogP contribution in [0.1, 0.15) is 24.3 Å². The molecule has 2 rings (SSSR count). The van der Waals surface area contributed by atoms with E-state index in [0.29, 0.717) is 13.0 Å². The van der Waals surface area contributed by atoms with Gasteiger partial charge in [0.1, 0.15) is 0 Å². The van der Waals surface area contributed by atoms with Crippen LogP contribution in [0.2, 0.25) is 0 Å². The van der Waals surface area contributed by atoms with Crippen LogP contribution in [0.15, 0.2) is 17.5 Å². The SMILES string of the molecule is C[C@@H](NC(=O)[C@@H]1CC(=O)N(C)C1)c1cccs1. The second-order valence-electron chi connectivity index (χ2n) is 4.42. The van der Waals surface area contributed by atoms with E-state index < -0.39 is 0 Å². The van der Waals surface area contributed by atoms with Crippen molar-refractivity contribution < 1.29 is 9.59 Å². The number of carbonyl (C=O) groups excluding carboxylic acids is 2. The largest absolute Gasteiger partial charge is 0.348 e. The van der Waals surface area contributed by atoms with Crippen molar-refractivity contribution in [3.8, 4) is 0 Å². The summed E-state index contributed by atoms with van der Waals surface area (Å²) >= 11 is 1.62. The van der Waals surface area contributed by atoms with Crippen molar-refractivity contribution in [1.29, 1.82) is 0 Å². The van der Waals surface area contributed by atoms with Crippen molar-refractivity contribution in [2.45, 2.75) is 19.4 Å². The second kappa shape index (κ2) is 4.87. The second-order valence-corrected chi connectivity index (χ2v) is 5.40. The first-order valence-corrected chi connectivity index (χ1v) is 6.53. The lowest BCUT2D eigenvalue weighted by molar-refractivity contribution is -0.128. The van der Waals surface area contributed by atoms with Crippen LogP contribution < -0.4 is 5.32 Å². The first kappa shape index (κ1) is 12.1. The molecule has 0 saturated carbocycles. The molecule has 1 aliphatic heterocycles. The van der Waals surface area contributed by atoms with Gasteiger partial charge in [-0.3, -0.25) is 9.59 Å². The number of amides is 2. The Morgan fingerprint density at radius 3 is 2.94 bits per heavy atom. The maximum atomic E-state index is 12.0. The molecule has 2 amide bonds. The Hall–Kier alpha value is -1.36. The van der Waals surface area contributed by atoms with Gasteiger partial charge in [-0.15, -0.1) is 11.3 Å². The lowest BCUT2D eigenvalue weighted by atomic mass is 10.1. The number of hydrogen-bond donors (Lipinski definition) is 1. The van der Waals surface area contributed by atoms with Crippen LogP contribution in [0.3, 0.4) is 0 Å². The first-order chi connectivity index (χ1) is 8.08. The molecule has 4 nitrogen and oxygen atoms in total. The summed E-state index contributed by atoms with van der Waals surface area (Å²) < 4.78 is 0. The molecule has 1 N–H and O–H groups in total. The summed E-state index contributed by atoms with van der Waals surface area (Å²) in [5.41, 5.74) is 0. The molecule has 1 aromatic heterocycles. The van der Waals surface area contributed by atoms with E-state index in [-0.39, 0.29) is 23.8 Å². The van der Waals surface area contributed by atoms with E-state index in [2.05, 4.69) is 5.32 Å². The maximum Gasteiger partial charge on any atom is 0.225 e. The van der Waals surface area contributed by atoms with Gasteiger partial charge in [-0.2, -0.15) is 0 Å². The van der Waals surface area contributed by atoms with Crippen LogP contribution in [-0.4, -0.2) is 30.3 Å². The highest BCUT2D eigenvalue weighted by atomic mass is 32.1. The summed E-state index contributed by atoms with van der Waals surface area (Å²) in [6, 6.07) is 3.99. The lowest BCUT2D eigenvalue weighted by Gasteiger charge is -2.15. The fourth-order valence-electron chi connectivity index (χ4n) is 1.98. The van der Waals surface area contributed by atoms with Crippen LogP contribution in [0.5, 0.6) is 0 Å². The molecule has 0 bridgehead atoms. The molecule has 1 aromatic rings. The number of likely N-dealkylation sites (tertiary alicyclic amines) is 1. The molecule has 92 valence electrons. The Morgan fingerprint density at radius 1 is 1.65 bits per heavy atom. The standard InChI is InChI=1S/C12H16N2O2S/c1-8(10-4-3-5-17-10)13-12(16)9-6-11(15)14(2)7-9/h3-5,8-9H,6-7H2,1-2H3,(H,13,16)/t8-,9-/m1/s1. The Labute approximate surface area is 105 Å². The van der Waals surface area contributed by atoms with Gasteiger partial charge in [0.2, 0.25) is 11.8 Å². The van der Waals surface area contributed by atoms with Crippen molar-refractivity contribution in [1.82, 2.24) is 10.2 Å². The average Bonchev–Trinajstić information content (AvgIpc) is 2.89. The molecular formula is C12H16N2O2S. The van der Waals surface area contributed by atoms with E-state index in [0.717, 1.165) is 4.88 Å². The highest BCUT2D eigenvalue weighted by Gasteiger charge is 2.32. The smallest absolute Gasteiger partial charge is 0.225 e. The zero-order chi connectivity index (χ0) is 12.4. The van der Waals surface area contributed by atoms with E-state index >= 15 is 0 Å². The van der Waals surface area contributed by atoms with Crippen LogP contribution in [0.25, 0.3) is 0 Å². The van der Waals surface area contributed by atoms with Gasteiger partial charge in [0, 0.05) is 24.9 Å². The van der Waals surface area contributed by atoms with E-state index in [1.54, 1.807) is 23.3 Å². The van der Waals surface area contributed by atoms with E-state index in [9.17, 15) is 9.59 Å². The Bertz CT molecular complexity index is 416. The minimum absolute atomic E-state index is 0.0171. The predicted molar refractivity (Wildman–Crippen MR) is 66.6 cm³/mol. The number of thiophene rings is 1. The Kier molecular flexibility index (Phi) is 3.47. The third kappa shape index (κ3) is 2.66. The molecule has 0 spiro atoms. The summed E-state index contributed by atoms with van der Waals surface area (Å²) in [7, 11) is 1.73. The summed E-state index contributed by atoms with van der Waals surface area (Å²) in [6.07, 6.45) is 0.333. The molecule has 2 heterocycles. The zero-order valence-corrected chi connectivity index (χ0v) is 10.8. The van der Waals surface area contributed by atoms with Crippen LogP contribution in [-0.2, 0) is 9.59 Å². The van der Waals surface area contributed by atoms with Gasteiger partial charge in [-0.05, 0) is 18.4 Å². The van der Waals surface area contributed by atoms with Crippen LogP contribution in [0, 0.1) is 5.92 Å². The monoisotopic (exact) mass is 252 g/mol. The molecule has 2 atom stereocenters. The van der Waals surface area contributed by atoms with Gasteiger partial charge in [-0.25, -0.2) is 0 Å². The zero-order valence-electron chi connectivity index (χ0n) is 9.97. The summed E-state index contributed by atoms with van der Waals surface area (Å²) in [6.45, 7) is 2.49. The number of rotatable bonds is 3. The van der Waals surface area contributed by atoms with E-state index in [1.807, 2.05) is 24.4 Å². The van der Waals surface area contributed by atoms with Crippen LogP contribution >= 0.6 is 11.3 Å². The van der Waals surface area contributed by atoms with Gasteiger partial charge in [-0.1, -0.05) is 6.07 Å². The van der Waals surface area contributed by atoms with Crippen molar-refractivity contribution in [3.63, 3.8) is 0 Å². The molecule has 0 unspecified atom stereocenters. The predicted octanol–water partition coefficient (Wildman–Crippen LogP) is 1.40. The average molecular weight is 252 g/mol. The number of hydrogen-bond acceptors (Lipinski definition) is 3. The highest BCUT2D eigenvalue weighted by molar-refractivity contribution is 7.10. The highest BCUT2D eigenvalue weighted by Crippen LogP contribution is 2.21. The van der Waals surface area contributed by atoms with E-state index in [4.69, 9.17) is 0 Å². The van der Waals surface area contributed by atoms with Crippen LogP contribution in [0.4, 0.5) is 0 Å². The summed E-state index contributed by atoms with van der Waals surface area (Å²) in [4.78, 5) is 26.1. The molecule has 17 heavy (non-hydrogen) atoms. The lowest BCUT2D eigenvalue weighted by Crippen LogP contribution is -2.33. The topological polar surface area (TPSA) is 49.4 Å². The number of carbonyl (C=O) groups is 2. The Balaban J connectivity index is 1.92. The van der Waals surface area contributed by atoms with Gasteiger partial charge >= 0.3 is 0 Å². The molecule has 1 saturated heterocycles. The summed E-state index contributed by atoms with van der Waals surface area (Å²) in [5.74, 6) is -0.174. The molecule has 0 aliphatic carbocycles. The summed E-state index contributed by atoms with van der Waals surface area (Å²) in [5, 5.41) is 4.95. The molecule has 0 aromatic carbocycles.